The van der Waals surface area contributed by atoms with Gasteiger partial charge in [-0.15, -0.1) is 0 Å². The van der Waals surface area contributed by atoms with Gasteiger partial charge >= 0.3 is 5.97 Å². The largest absolute Gasteiger partial charge is 0.478 e. The smallest absolute Gasteiger partial charge is 0.338 e. The molecule has 19 heavy (non-hydrogen) atoms. The summed E-state index contributed by atoms with van der Waals surface area (Å²) in [5, 5.41) is 11.2. The molecule has 0 aromatic heterocycles. The van der Waals surface area contributed by atoms with Gasteiger partial charge < -0.3 is 16.2 Å². The van der Waals surface area contributed by atoms with Crippen molar-refractivity contribution in [3.05, 3.63) is 29.6 Å². The summed E-state index contributed by atoms with van der Waals surface area (Å²) in [4.78, 5) is 22.3. The molecule has 1 amide bonds. The van der Waals surface area contributed by atoms with Crippen molar-refractivity contribution < 1.29 is 19.1 Å². The molecule has 1 fully saturated rings. The monoisotopic (exact) mass is 266 g/mol. The normalized spacial score (nSPS) is 15.9. The van der Waals surface area contributed by atoms with E-state index in [2.05, 4.69) is 5.32 Å². The Morgan fingerprint density at radius 1 is 1.47 bits per heavy atom. The van der Waals surface area contributed by atoms with E-state index in [4.69, 9.17) is 10.8 Å². The predicted octanol–water partition coefficient (Wildman–Crippen LogP) is 1.59. The molecule has 4 N–H and O–H groups in total. The highest BCUT2D eigenvalue weighted by Gasteiger charge is 2.29. The van der Waals surface area contributed by atoms with Gasteiger partial charge in [-0.25, -0.2) is 9.18 Å². The maximum atomic E-state index is 13.4. The highest BCUT2D eigenvalue weighted by atomic mass is 19.1. The Balaban J connectivity index is 1.96. The van der Waals surface area contributed by atoms with Crippen molar-refractivity contribution in [3.8, 4) is 0 Å². The molecule has 1 aliphatic rings. The van der Waals surface area contributed by atoms with Crippen LogP contribution in [0.15, 0.2) is 18.2 Å². The second kappa shape index (κ2) is 5.36. The Morgan fingerprint density at radius 3 is 2.68 bits per heavy atom. The summed E-state index contributed by atoms with van der Waals surface area (Å²) in [5.74, 6) is -2.10. The van der Waals surface area contributed by atoms with Crippen LogP contribution in [-0.4, -0.2) is 23.0 Å². The van der Waals surface area contributed by atoms with Crippen LogP contribution in [0.25, 0.3) is 0 Å². The summed E-state index contributed by atoms with van der Waals surface area (Å²) in [7, 11) is 0. The Labute approximate surface area is 109 Å². The number of carbonyl (C=O) groups excluding carboxylic acids is 1. The molecule has 0 bridgehead atoms. The molecule has 1 aromatic rings. The van der Waals surface area contributed by atoms with Gasteiger partial charge in [-0.1, -0.05) is 0 Å². The van der Waals surface area contributed by atoms with Crippen LogP contribution in [0.1, 0.15) is 29.6 Å². The molecule has 6 heteroatoms. The number of hydrogen-bond donors (Lipinski definition) is 3. The maximum absolute atomic E-state index is 13.4. The highest BCUT2D eigenvalue weighted by molar-refractivity contribution is 5.92. The number of rotatable bonds is 5. The fourth-order valence-corrected chi connectivity index (χ4v) is 1.88. The van der Waals surface area contributed by atoms with Crippen LogP contribution >= 0.6 is 0 Å². The quantitative estimate of drug-likeness (QED) is 0.754. The zero-order chi connectivity index (χ0) is 14.0. The molecule has 1 atom stereocenters. The third-order valence-corrected chi connectivity index (χ3v) is 3.13. The van der Waals surface area contributed by atoms with Crippen molar-refractivity contribution in [2.24, 2.45) is 11.7 Å². The number of halogens is 1. The van der Waals surface area contributed by atoms with Crippen LogP contribution in [0, 0.1) is 11.7 Å². The second-order valence-electron chi connectivity index (χ2n) is 4.75. The lowest BCUT2D eigenvalue weighted by Gasteiger charge is -2.10. The van der Waals surface area contributed by atoms with Gasteiger partial charge in [0, 0.05) is 18.2 Å². The number of carboxylic acid groups (broad SMARTS) is 1. The van der Waals surface area contributed by atoms with E-state index >= 15 is 0 Å². The molecule has 1 aromatic carbocycles. The van der Waals surface area contributed by atoms with Crippen molar-refractivity contribution in [3.63, 3.8) is 0 Å². The first kappa shape index (κ1) is 13.5. The molecule has 0 spiro atoms. The van der Waals surface area contributed by atoms with Crippen LogP contribution in [0.3, 0.4) is 0 Å². The van der Waals surface area contributed by atoms with Crippen molar-refractivity contribution >= 4 is 17.6 Å². The fraction of sp³-hybridized carbons (Fsp3) is 0.385. The zero-order valence-corrected chi connectivity index (χ0v) is 10.2. The van der Waals surface area contributed by atoms with Gasteiger partial charge in [-0.05, 0) is 37.0 Å². The summed E-state index contributed by atoms with van der Waals surface area (Å²) in [6.07, 6.45) is 2.29. The van der Waals surface area contributed by atoms with Gasteiger partial charge in [0.05, 0.1) is 5.56 Å². The van der Waals surface area contributed by atoms with E-state index in [1.807, 2.05) is 0 Å². The summed E-state index contributed by atoms with van der Waals surface area (Å²) in [5.41, 5.74) is 5.62. The number of benzene rings is 1. The van der Waals surface area contributed by atoms with E-state index in [-0.39, 0.29) is 24.1 Å². The molecule has 2 rings (SSSR count). The van der Waals surface area contributed by atoms with Crippen molar-refractivity contribution in [2.75, 3.05) is 5.32 Å². The standard InChI is InChI=1S/C13H15FN2O3/c14-10-5-8(3-4-9(10)13(18)19)16-12(17)6-11(15)7-1-2-7/h3-5,7,11H,1-2,6,15H2,(H,16,17)(H,18,19). The van der Waals surface area contributed by atoms with E-state index in [0.29, 0.717) is 5.92 Å². The number of carbonyl (C=O) groups is 2. The minimum absolute atomic E-state index is 0.164. The maximum Gasteiger partial charge on any atom is 0.338 e. The molecule has 0 aliphatic heterocycles. The van der Waals surface area contributed by atoms with Crippen LogP contribution in [0.2, 0.25) is 0 Å². The number of nitrogens with two attached hydrogens (primary N) is 1. The Bertz CT molecular complexity index is 515. The molecule has 0 heterocycles. The molecule has 0 radical (unpaired) electrons. The highest BCUT2D eigenvalue weighted by Crippen LogP contribution is 2.32. The Kier molecular flexibility index (Phi) is 3.80. The first-order chi connectivity index (χ1) is 8.97. The van der Waals surface area contributed by atoms with E-state index in [1.54, 1.807) is 0 Å². The van der Waals surface area contributed by atoms with Gasteiger partial charge in [0.25, 0.3) is 0 Å². The van der Waals surface area contributed by atoms with E-state index in [1.165, 1.54) is 6.07 Å². The van der Waals surface area contributed by atoms with Crippen molar-refractivity contribution in [2.45, 2.75) is 25.3 Å². The summed E-state index contributed by atoms with van der Waals surface area (Å²) in [6, 6.07) is 3.30. The first-order valence-electron chi connectivity index (χ1n) is 6.05. The molecular weight excluding hydrogens is 251 g/mol. The number of hydrogen-bond acceptors (Lipinski definition) is 3. The molecule has 102 valence electrons. The third kappa shape index (κ3) is 3.51. The van der Waals surface area contributed by atoms with Crippen LogP contribution in [0.4, 0.5) is 10.1 Å². The lowest BCUT2D eigenvalue weighted by atomic mass is 10.1. The number of anilines is 1. The number of amides is 1. The van der Waals surface area contributed by atoms with E-state index < -0.39 is 17.3 Å². The average Bonchev–Trinajstić information content (AvgIpc) is 3.11. The van der Waals surface area contributed by atoms with Crippen LogP contribution in [-0.2, 0) is 4.79 Å². The number of aromatic carboxylic acids is 1. The number of carboxylic acids is 1. The SMILES string of the molecule is NC(CC(=O)Nc1ccc(C(=O)O)c(F)c1)C1CC1. The fourth-order valence-electron chi connectivity index (χ4n) is 1.88. The number of nitrogens with one attached hydrogen (secondary N) is 1. The van der Waals surface area contributed by atoms with Crippen LogP contribution in [0.5, 0.6) is 0 Å². The molecule has 5 nitrogen and oxygen atoms in total. The lowest BCUT2D eigenvalue weighted by Crippen LogP contribution is -2.28. The predicted molar refractivity (Wildman–Crippen MR) is 67.3 cm³/mol. The molecular formula is C13H15FN2O3. The van der Waals surface area contributed by atoms with Crippen molar-refractivity contribution in [1.29, 1.82) is 0 Å². The molecule has 1 unspecified atom stereocenters. The zero-order valence-electron chi connectivity index (χ0n) is 10.2. The van der Waals surface area contributed by atoms with E-state index in [9.17, 15) is 14.0 Å². The molecule has 1 saturated carbocycles. The van der Waals surface area contributed by atoms with Gasteiger partial charge in [-0.3, -0.25) is 4.79 Å². The van der Waals surface area contributed by atoms with Gasteiger partial charge in [0.1, 0.15) is 5.82 Å². The van der Waals surface area contributed by atoms with E-state index in [0.717, 1.165) is 25.0 Å². The average molecular weight is 266 g/mol. The van der Waals surface area contributed by atoms with Crippen LogP contribution < -0.4 is 11.1 Å². The summed E-state index contributed by atoms with van der Waals surface area (Å²) >= 11 is 0. The third-order valence-electron chi connectivity index (χ3n) is 3.13. The molecule has 1 aliphatic carbocycles. The first-order valence-corrected chi connectivity index (χ1v) is 6.05. The second-order valence-corrected chi connectivity index (χ2v) is 4.75. The Morgan fingerprint density at radius 2 is 2.16 bits per heavy atom. The topological polar surface area (TPSA) is 92.4 Å². The molecule has 0 saturated heterocycles. The van der Waals surface area contributed by atoms with Gasteiger partial charge in [-0.2, -0.15) is 0 Å². The summed E-state index contributed by atoms with van der Waals surface area (Å²) < 4.78 is 13.4. The minimum atomic E-state index is -1.34. The van der Waals surface area contributed by atoms with Gasteiger partial charge in [0.15, 0.2) is 0 Å². The minimum Gasteiger partial charge on any atom is -0.478 e. The summed E-state index contributed by atoms with van der Waals surface area (Å²) in [6.45, 7) is 0. The Hall–Kier alpha value is -1.95. The lowest BCUT2D eigenvalue weighted by molar-refractivity contribution is -0.116. The van der Waals surface area contributed by atoms with Gasteiger partial charge in [0.2, 0.25) is 5.91 Å². The van der Waals surface area contributed by atoms with Crippen molar-refractivity contribution in [1.82, 2.24) is 0 Å².